The van der Waals surface area contributed by atoms with Crippen molar-refractivity contribution in [3.63, 3.8) is 0 Å². The van der Waals surface area contributed by atoms with E-state index in [1.807, 2.05) is 60.1 Å². The Morgan fingerprint density at radius 1 is 1.12 bits per heavy atom. The van der Waals surface area contributed by atoms with Crippen LogP contribution in [0, 0.1) is 0 Å². The van der Waals surface area contributed by atoms with Gasteiger partial charge in [0.05, 0.1) is 16.1 Å². The molecule has 0 saturated heterocycles. The molecule has 0 aliphatic heterocycles. The summed E-state index contributed by atoms with van der Waals surface area (Å²) in [5.41, 5.74) is 2.38. The average Bonchev–Trinajstić information content (AvgIpc) is 3.26. The molecule has 0 spiro atoms. The summed E-state index contributed by atoms with van der Waals surface area (Å²) in [5.74, 6) is -0.131. The van der Waals surface area contributed by atoms with E-state index < -0.39 is 0 Å². The Balaban J connectivity index is 1.50. The Labute approximate surface area is 142 Å². The van der Waals surface area contributed by atoms with Gasteiger partial charge >= 0.3 is 0 Å². The first-order chi connectivity index (χ1) is 11.8. The molecular weight excluding hydrogens is 320 g/mol. The summed E-state index contributed by atoms with van der Waals surface area (Å²) in [7, 11) is 0. The van der Waals surface area contributed by atoms with Crippen molar-refractivity contribution in [2.45, 2.75) is 6.54 Å². The van der Waals surface area contributed by atoms with Crippen molar-refractivity contribution in [2.24, 2.45) is 0 Å². The molecule has 5 nitrogen and oxygen atoms in total. The maximum Gasteiger partial charge on any atom is 0.246 e. The van der Waals surface area contributed by atoms with Crippen LogP contribution in [0.25, 0.3) is 21.5 Å². The van der Waals surface area contributed by atoms with E-state index in [0.717, 1.165) is 21.5 Å². The lowest BCUT2D eigenvalue weighted by atomic mass is 10.2. The van der Waals surface area contributed by atoms with Gasteiger partial charge in [0.15, 0.2) is 0 Å². The van der Waals surface area contributed by atoms with Crippen molar-refractivity contribution in [1.82, 2.24) is 14.8 Å². The number of amides is 1. The monoisotopic (exact) mass is 334 g/mol. The number of rotatable bonds is 4. The number of anilines is 1. The zero-order chi connectivity index (χ0) is 16.4. The second-order valence-electron chi connectivity index (χ2n) is 5.30. The maximum atomic E-state index is 12.3. The molecular formula is C18H14N4OS. The van der Waals surface area contributed by atoms with E-state index in [4.69, 9.17) is 0 Å². The molecule has 0 fully saturated rings. The minimum absolute atomic E-state index is 0.131. The number of carbonyl (C=O) groups is 1. The summed E-state index contributed by atoms with van der Waals surface area (Å²) < 4.78 is 1.64. The standard InChI is InChI=1S/C18H14N4OS/c23-17(12-22-10-8-14(21-22)16-7-3-11-24-16)20-15-6-1-4-13-5-2-9-19-18(13)15/h1-11H,12H2,(H,20,23). The Morgan fingerprint density at radius 3 is 2.92 bits per heavy atom. The Bertz CT molecular complexity index is 986. The van der Waals surface area contributed by atoms with Crippen LogP contribution in [0.15, 0.2) is 66.3 Å². The van der Waals surface area contributed by atoms with Crippen LogP contribution < -0.4 is 5.32 Å². The zero-order valence-electron chi connectivity index (χ0n) is 12.7. The quantitative estimate of drug-likeness (QED) is 0.617. The van der Waals surface area contributed by atoms with Gasteiger partial charge in [0.25, 0.3) is 0 Å². The van der Waals surface area contributed by atoms with Gasteiger partial charge in [0.1, 0.15) is 12.2 Å². The van der Waals surface area contributed by atoms with Gasteiger partial charge in [-0.3, -0.25) is 14.5 Å². The SMILES string of the molecule is O=C(Cn1ccc(-c2cccs2)n1)Nc1cccc2cccnc12. The van der Waals surface area contributed by atoms with Gasteiger partial charge < -0.3 is 5.32 Å². The summed E-state index contributed by atoms with van der Waals surface area (Å²) in [4.78, 5) is 17.8. The number of hydrogen-bond acceptors (Lipinski definition) is 4. The average molecular weight is 334 g/mol. The molecule has 0 aliphatic carbocycles. The van der Waals surface area contributed by atoms with Crippen LogP contribution in [0.1, 0.15) is 0 Å². The number of aromatic nitrogens is 3. The lowest BCUT2D eigenvalue weighted by molar-refractivity contribution is -0.116. The minimum atomic E-state index is -0.131. The lowest BCUT2D eigenvalue weighted by Crippen LogP contribution is -2.19. The first-order valence-electron chi connectivity index (χ1n) is 7.50. The third-order valence-electron chi connectivity index (χ3n) is 3.63. The molecule has 3 heterocycles. The largest absolute Gasteiger partial charge is 0.323 e. The second kappa shape index (κ2) is 6.25. The number of para-hydroxylation sites is 1. The third kappa shape index (κ3) is 2.91. The van der Waals surface area contributed by atoms with E-state index >= 15 is 0 Å². The van der Waals surface area contributed by atoms with E-state index in [-0.39, 0.29) is 12.5 Å². The van der Waals surface area contributed by atoms with Crippen molar-refractivity contribution in [3.8, 4) is 10.6 Å². The first-order valence-corrected chi connectivity index (χ1v) is 8.38. The van der Waals surface area contributed by atoms with Gasteiger partial charge in [-0.15, -0.1) is 11.3 Å². The molecule has 0 unspecified atom stereocenters. The molecule has 1 aromatic carbocycles. The fraction of sp³-hybridized carbons (Fsp3) is 0.0556. The van der Waals surface area contributed by atoms with Gasteiger partial charge in [-0.05, 0) is 29.6 Å². The van der Waals surface area contributed by atoms with Crippen molar-refractivity contribution < 1.29 is 4.79 Å². The number of fused-ring (bicyclic) bond motifs is 1. The number of nitrogens with one attached hydrogen (secondary N) is 1. The van der Waals surface area contributed by atoms with Crippen LogP contribution in [0.4, 0.5) is 5.69 Å². The number of carbonyl (C=O) groups excluding carboxylic acids is 1. The summed E-state index contributed by atoms with van der Waals surface area (Å²) in [6.45, 7) is 0.161. The van der Waals surface area contributed by atoms with Gasteiger partial charge in [-0.1, -0.05) is 24.3 Å². The highest BCUT2D eigenvalue weighted by molar-refractivity contribution is 7.13. The van der Waals surface area contributed by atoms with E-state index in [1.54, 1.807) is 22.2 Å². The number of hydrogen-bond donors (Lipinski definition) is 1. The van der Waals surface area contributed by atoms with Crippen molar-refractivity contribution >= 4 is 33.8 Å². The molecule has 0 bridgehead atoms. The molecule has 0 atom stereocenters. The number of thiophene rings is 1. The zero-order valence-corrected chi connectivity index (χ0v) is 13.5. The Morgan fingerprint density at radius 2 is 2.04 bits per heavy atom. The highest BCUT2D eigenvalue weighted by Gasteiger charge is 2.09. The van der Waals surface area contributed by atoms with Gasteiger partial charge in [0.2, 0.25) is 5.91 Å². The molecule has 0 aliphatic rings. The van der Waals surface area contributed by atoms with Crippen LogP contribution in [0.2, 0.25) is 0 Å². The maximum absolute atomic E-state index is 12.3. The molecule has 0 radical (unpaired) electrons. The van der Waals surface area contributed by atoms with Crippen LogP contribution >= 0.6 is 11.3 Å². The second-order valence-corrected chi connectivity index (χ2v) is 6.25. The summed E-state index contributed by atoms with van der Waals surface area (Å²) >= 11 is 1.63. The number of pyridine rings is 1. The summed E-state index contributed by atoms with van der Waals surface area (Å²) in [6.07, 6.45) is 3.54. The molecule has 0 saturated carbocycles. The molecule has 3 aromatic heterocycles. The minimum Gasteiger partial charge on any atom is -0.323 e. The Kier molecular flexibility index (Phi) is 3.80. The molecule has 4 rings (SSSR count). The molecule has 1 N–H and O–H groups in total. The van der Waals surface area contributed by atoms with Gasteiger partial charge in [-0.2, -0.15) is 5.10 Å². The molecule has 6 heteroatoms. The highest BCUT2D eigenvalue weighted by atomic mass is 32.1. The van der Waals surface area contributed by atoms with Crippen molar-refractivity contribution in [3.05, 3.63) is 66.3 Å². The van der Waals surface area contributed by atoms with Crippen LogP contribution in [0.3, 0.4) is 0 Å². The number of benzene rings is 1. The fourth-order valence-corrected chi connectivity index (χ4v) is 3.24. The highest BCUT2D eigenvalue weighted by Crippen LogP contribution is 2.23. The molecule has 4 aromatic rings. The first kappa shape index (κ1) is 14.6. The molecule has 24 heavy (non-hydrogen) atoms. The topological polar surface area (TPSA) is 59.8 Å². The predicted molar refractivity (Wildman–Crippen MR) is 95.9 cm³/mol. The lowest BCUT2D eigenvalue weighted by Gasteiger charge is -2.08. The molecule has 1 amide bonds. The van der Waals surface area contributed by atoms with Gasteiger partial charge in [0, 0.05) is 17.8 Å². The van der Waals surface area contributed by atoms with Crippen LogP contribution in [-0.2, 0) is 11.3 Å². The van der Waals surface area contributed by atoms with E-state index in [1.165, 1.54) is 0 Å². The number of nitrogens with zero attached hydrogens (tertiary/aromatic N) is 3. The van der Waals surface area contributed by atoms with Crippen molar-refractivity contribution in [2.75, 3.05) is 5.32 Å². The van der Waals surface area contributed by atoms with Crippen LogP contribution in [0.5, 0.6) is 0 Å². The van der Waals surface area contributed by atoms with Crippen LogP contribution in [-0.4, -0.2) is 20.7 Å². The molecule has 118 valence electrons. The Hall–Kier alpha value is -2.99. The van der Waals surface area contributed by atoms with E-state index in [9.17, 15) is 4.79 Å². The summed E-state index contributed by atoms with van der Waals surface area (Å²) in [5, 5.41) is 10.4. The smallest absolute Gasteiger partial charge is 0.246 e. The van der Waals surface area contributed by atoms with E-state index in [2.05, 4.69) is 15.4 Å². The fourth-order valence-electron chi connectivity index (χ4n) is 2.55. The predicted octanol–water partition coefficient (Wildman–Crippen LogP) is 3.80. The van der Waals surface area contributed by atoms with Crippen molar-refractivity contribution in [1.29, 1.82) is 0 Å². The normalized spacial score (nSPS) is 10.8. The third-order valence-corrected chi connectivity index (χ3v) is 4.52. The van der Waals surface area contributed by atoms with Gasteiger partial charge in [-0.25, -0.2) is 0 Å². The van der Waals surface area contributed by atoms with E-state index in [0.29, 0.717) is 5.69 Å². The summed E-state index contributed by atoms with van der Waals surface area (Å²) in [6, 6.07) is 15.5.